The maximum atomic E-state index is 4.45. The molecule has 0 aliphatic heterocycles. The minimum Gasteiger partial charge on any atom is -0.355 e. The number of H-pyrrole nitrogens is 1. The highest BCUT2D eigenvalue weighted by atomic mass is 14.7. The Balaban J connectivity index is 1.56. The van der Waals surface area contributed by atoms with Gasteiger partial charge in [-0.05, 0) is 73.2 Å². The zero-order chi connectivity index (χ0) is 16.8. The van der Waals surface area contributed by atoms with Crippen molar-refractivity contribution < 1.29 is 0 Å². The highest BCUT2D eigenvalue weighted by Gasteiger charge is 2.23. The van der Waals surface area contributed by atoms with Crippen molar-refractivity contribution in [2.24, 2.45) is 0 Å². The van der Waals surface area contributed by atoms with Crippen molar-refractivity contribution in [3.63, 3.8) is 0 Å². The van der Waals surface area contributed by atoms with Crippen LogP contribution in [0.3, 0.4) is 0 Å². The fourth-order valence-corrected chi connectivity index (χ4v) is 3.44. The molecule has 1 saturated carbocycles. The van der Waals surface area contributed by atoms with Gasteiger partial charge in [0.2, 0.25) is 0 Å². The summed E-state index contributed by atoms with van der Waals surface area (Å²) in [7, 11) is 0. The number of nitrogens with zero attached hydrogens (tertiary/aromatic N) is 2. The van der Waals surface area contributed by atoms with Crippen LogP contribution in [0.15, 0.2) is 61.1 Å². The van der Waals surface area contributed by atoms with Gasteiger partial charge in [-0.15, -0.1) is 0 Å². The molecule has 0 spiro atoms. The minimum atomic E-state index is 0.727. The lowest BCUT2D eigenvalue weighted by Crippen LogP contribution is -1.85. The van der Waals surface area contributed by atoms with E-state index in [-0.39, 0.29) is 0 Å². The predicted octanol–water partition coefficient (Wildman–Crippen LogP) is 5.48. The van der Waals surface area contributed by atoms with Gasteiger partial charge in [0.15, 0.2) is 0 Å². The van der Waals surface area contributed by atoms with Crippen LogP contribution < -0.4 is 0 Å². The van der Waals surface area contributed by atoms with Crippen LogP contribution >= 0.6 is 0 Å². The number of pyridine rings is 2. The molecule has 1 N–H and O–H groups in total. The van der Waals surface area contributed by atoms with Gasteiger partial charge < -0.3 is 4.98 Å². The lowest BCUT2D eigenvalue weighted by atomic mass is 10.0. The van der Waals surface area contributed by atoms with Crippen LogP contribution in [0.4, 0.5) is 0 Å². The molecule has 1 aliphatic carbocycles. The molecular weight excluding hydrogens is 306 g/mol. The molecule has 0 unspecified atom stereocenters. The second-order valence-electron chi connectivity index (χ2n) is 6.95. The van der Waals surface area contributed by atoms with Crippen molar-refractivity contribution >= 4 is 10.9 Å². The zero-order valence-corrected chi connectivity index (χ0v) is 14.2. The number of hydrogen-bond donors (Lipinski definition) is 1. The number of aryl methyl sites for hydroxylation is 1. The van der Waals surface area contributed by atoms with Crippen LogP contribution in [0.1, 0.15) is 30.0 Å². The van der Waals surface area contributed by atoms with Crippen LogP contribution in [0, 0.1) is 6.92 Å². The Morgan fingerprint density at radius 1 is 0.920 bits per heavy atom. The van der Waals surface area contributed by atoms with Gasteiger partial charge in [0.25, 0.3) is 0 Å². The smallest absolute Gasteiger partial charge is 0.0466 e. The second kappa shape index (κ2) is 5.55. The summed E-state index contributed by atoms with van der Waals surface area (Å²) < 4.78 is 0. The molecule has 1 aliphatic rings. The first-order valence-corrected chi connectivity index (χ1v) is 8.77. The van der Waals surface area contributed by atoms with E-state index >= 15 is 0 Å². The van der Waals surface area contributed by atoms with Gasteiger partial charge in [-0.2, -0.15) is 0 Å². The number of nitrogens with one attached hydrogen (secondary N) is 1. The lowest BCUT2D eigenvalue weighted by molar-refractivity contribution is 1.09. The fraction of sp³-hybridized carbons (Fsp3) is 0.182. The summed E-state index contributed by atoms with van der Waals surface area (Å²) in [5, 5.41) is 1.22. The largest absolute Gasteiger partial charge is 0.355 e. The summed E-state index contributed by atoms with van der Waals surface area (Å²) in [4.78, 5) is 12.2. The first-order valence-electron chi connectivity index (χ1n) is 8.77. The molecule has 3 heteroatoms. The van der Waals surface area contributed by atoms with Gasteiger partial charge in [-0.1, -0.05) is 6.07 Å². The number of rotatable bonds is 3. The van der Waals surface area contributed by atoms with E-state index in [9.17, 15) is 0 Å². The van der Waals surface area contributed by atoms with Crippen LogP contribution in [-0.4, -0.2) is 15.0 Å². The van der Waals surface area contributed by atoms with E-state index < -0.39 is 0 Å². The standard InChI is InChI=1S/C22H19N3/c1-14-8-17(6-7-24-14)22-11-18-9-16(4-5-21(18)25-22)20-10-19(12-23-13-20)15-2-3-15/h4-13,15,25H,2-3H2,1H3. The van der Waals surface area contributed by atoms with Crippen LogP contribution in [0.25, 0.3) is 33.3 Å². The first kappa shape index (κ1) is 14.4. The van der Waals surface area contributed by atoms with E-state index in [4.69, 9.17) is 0 Å². The maximum Gasteiger partial charge on any atom is 0.0466 e. The number of benzene rings is 1. The average molecular weight is 325 g/mol. The van der Waals surface area contributed by atoms with Crippen LogP contribution in [-0.2, 0) is 0 Å². The molecule has 1 aromatic carbocycles. The lowest BCUT2D eigenvalue weighted by Gasteiger charge is -2.04. The molecule has 0 radical (unpaired) electrons. The number of hydrogen-bond acceptors (Lipinski definition) is 2. The SMILES string of the molecule is Cc1cc(-c2cc3cc(-c4cncc(C5CC5)c4)ccc3[nH]2)ccn1. The van der Waals surface area contributed by atoms with Gasteiger partial charge in [0.1, 0.15) is 0 Å². The van der Waals surface area contributed by atoms with Gasteiger partial charge in [0.05, 0.1) is 0 Å². The Morgan fingerprint density at radius 2 is 1.84 bits per heavy atom. The molecule has 3 nitrogen and oxygen atoms in total. The second-order valence-corrected chi connectivity index (χ2v) is 6.95. The summed E-state index contributed by atoms with van der Waals surface area (Å²) in [6.07, 6.45) is 8.44. The topological polar surface area (TPSA) is 41.6 Å². The summed E-state index contributed by atoms with van der Waals surface area (Å²) in [5.74, 6) is 0.727. The monoisotopic (exact) mass is 325 g/mol. The van der Waals surface area contributed by atoms with Gasteiger partial charge in [-0.25, -0.2) is 0 Å². The highest BCUT2D eigenvalue weighted by Crippen LogP contribution is 2.40. The Morgan fingerprint density at radius 3 is 2.68 bits per heavy atom. The molecule has 4 aromatic rings. The fourth-order valence-electron chi connectivity index (χ4n) is 3.44. The molecule has 25 heavy (non-hydrogen) atoms. The first-order chi connectivity index (χ1) is 12.3. The van der Waals surface area contributed by atoms with Gasteiger partial charge in [-0.3, -0.25) is 9.97 Å². The molecule has 122 valence electrons. The third-order valence-corrected chi connectivity index (χ3v) is 4.97. The average Bonchev–Trinajstić information content (AvgIpc) is 3.40. The van der Waals surface area contributed by atoms with Crippen LogP contribution in [0.5, 0.6) is 0 Å². The Labute approximate surface area is 146 Å². The Hall–Kier alpha value is -2.94. The molecule has 5 rings (SSSR count). The zero-order valence-electron chi connectivity index (χ0n) is 14.2. The quantitative estimate of drug-likeness (QED) is 0.542. The Kier molecular flexibility index (Phi) is 3.20. The van der Waals surface area contributed by atoms with Crippen molar-refractivity contribution in [1.82, 2.24) is 15.0 Å². The van der Waals surface area contributed by atoms with E-state index in [1.165, 1.54) is 40.5 Å². The van der Waals surface area contributed by atoms with Crippen molar-refractivity contribution in [3.05, 3.63) is 72.3 Å². The summed E-state index contributed by atoms with van der Waals surface area (Å²) in [5.41, 5.74) is 8.27. The van der Waals surface area contributed by atoms with Crippen molar-refractivity contribution in [2.45, 2.75) is 25.7 Å². The molecule has 3 heterocycles. The van der Waals surface area contributed by atoms with Gasteiger partial charge in [0, 0.05) is 52.0 Å². The van der Waals surface area contributed by atoms with Crippen molar-refractivity contribution in [2.75, 3.05) is 0 Å². The molecule has 3 aromatic heterocycles. The van der Waals surface area contributed by atoms with E-state index in [1.54, 1.807) is 0 Å². The third-order valence-electron chi connectivity index (χ3n) is 4.97. The highest BCUT2D eigenvalue weighted by molar-refractivity contribution is 5.89. The summed E-state index contributed by atoms with van der Waals surface area (Å²) in [6.45, 7) is 2.02. The predicted molar refractivity (Wildman–Crippen MR) is 101 cm³/mol. The van der Waals surface area contributed by atoms with E-state index in [2.05, 4.69) is 51.4 Å². The van der Waals surface area contributed by atoms with Gasteiger partial charge >= 0.3 is 0 Å². The molecule has 0 saturated heterocycles. The molecule has 0 atom stereocenters. The van der Waals surface area contributed by atoms with E-state index in [0.717, 1.165) is 22.8 Å². The number of fused-ring (bicyclic) bond motifs is 1. The van der Waals surface area contributed by atoms with Crippen molar-refractivity contribution in [3.8, 4) is 22.4 Å². The molecular formula is C22H19N3. The number of aromatic nitrogens is 3. The van der Waals surface area contributed by atoms with Crippen molar-refractivity contribution in [1.29, 1.82) is 0 Å². The summed E-state index contributed by atoms with van der Waals surface area (Å²) in [6, 6.07) is 15.2. The number of aromatic amines is 1. The molecule has 0 bridgehead atoms. The normalized spacial score (nSPS) is 14.1. The molecule has 1 fully saturated rings. The maximum absolute atomic E-state index is 4.45. The minimum absolute atomic E-state index is 0.727. The van der Waals surface area contributed by atoms with E-state index in [0.29, 0.717) is 0 Å². The third kappa shape index (κ3) is 2.72. The van der Waals surface area contributed by atoms with E-state index in [1.807, 2.05) is 31.6 Å². The van der Waals surface area contributed by atoms with Crippen LogP contribution in [0.2, 0.25) is 0 Å². The Bertz CT molecular complexity index is 1070. The summed E-state index contributed by atoms with van der Waals surface area (Å²) >= 11 is 0. The molecule has 0 amide bonds.